The molecule has 3 aliphatic rings. The van der Waals surface area contributed by atoms with Crippen molar-refractivity contribution in [1.29, 1.82) is 0 Å². The number of aromatic nitrogens is 1. The number of methoxy groups -OCH3 is 2. The fraction of sp³-hybridized carbons (Fsp3) is 0.393. The third kappa shape index (κ3) is 4.23. The van der Waals surface area contributed by atoms with Gasteiger partial charge < -0.3 is 14.2 Å². The molecule has 2 bridgehead atoms. The second-order valence-electron chi connectivity index (χ2n) is 9.13. The lowest BCUT2D eigenvalue weighted by Gasteiger charge is -2.52. The number of piperidine rings is 3. The van der Waals surface area contributed by atoms with E-state index >= 15 is 0 Å². The van der Waals surface area contributed by atoms with Crippen molar-refractivity contribution in [1.82, 2.24) is 9.88 Å². The first-order valence-corrected chi connectivity index (χ1v) is 11.7. The number of hydrogen-bond donors (Lipinski definition) is 0. The largest absolute Gasteiger partial charge is 0.497 e. The SMILES string of the molecule is C=C[C@H]1CN2CC[C@H]1C[C@H]2[C@@H](c1cccc(OCOC)c1)c1ccnc2ccc(OC)cc12. The Morgan fingerprint density at radius 1 is 1.15 bits per heavy atom. The summed E-state index contributed by atoms with van der Waals surface area (Å²) in [6.45, 7) is 6.58. The van der Waals surface area contributed by atoms with Crippen LogP contribution in [0.1, 0.15) is 29.9 Å². The van der Waals surface area contributed by atoms with Gasteiger partial charge in [-0.2, -0.15) is 0 Å². The molecule has 0 spiro atoms. The number of hydrogen-bond acceptors (Lipinski definition) is 5. The highest BCUT2D eigenvalue weighted by Crippen LogP contribution is 2.46. The quantitative estimate of drug-likeness (QED) is 0.351. The van der Waals surface area contributed by atoms with Crippen LogP contribution in [-0.4, -0.2) is 50.0 Å². The van der Waals surface area contributed by atoms with Crippen molar-refractivity contribution in [3.8, 4) is 11.5 Å². The van der Waals surface area contributed by atoms with Gasteiger partial charge in [-0.3, -0.25) is 9.88 Å². The molecule has 172 valence electrons. The summed E-state index contributed by atoms with van der Waals surface area (Å²) >= 11 is 0. The van der Waals surface area contributed by atoms with Gasteiger partial charge in [-0.05, 0) is 78.7 Å². The fourth-order valence-corrected chi connectivity index (χ4v) is 5.80. The van der Waals surface area contributed by atoms with Crippen LogP contribution in [0.15, 0.2) is 67.4 Å². The minimum absolute atomic E-state index is 0.197. The van der Waals surface area contributed by atoms with E-state index in [1.54, 1.807) is 14.2 Å². The summed E-state index contributed by atoms with van der Waals surface area (Å²) in [4.78, 5) is 7.32. The summed E-state index contributed by atoms with van der Waals surface area (Å²) in [6, 6.07) is 17.2. The summed E-state index contributed by atoms with van der Waals surface area (Å²) in [5, 5.41) is 1.15. The highest BCUT2D eigenvalue weighted by atomic mass is 16.7. The lowest BCUT2D eigenvalue weighted by molar-refractivity contribution is 0.0120. The Hall–Kier alpha value is -2.89. The molecule has 3 aliphatic heterocycles. The van der Waals surface area contributed by atoms with Crippen molar-refractivity contribution >= 4 is 10.9 Å². The van der Waals surface area contributed by atoms with E-state index in [1.807, 2.05) is 24.4 Å². The van der Waals surface area contributed by atoms with Crippen LogP contribution in [0.4, 0.5) is 0 Å². The predicted molar refractivity (Wildman–Crippen MR) is 131 cm³/mol. The fourth-order valence-electron chi connectivity index (χ4n) is 5.80. The van der Waals surface area contributed by atoms with Crippen LogP contribution < -0.4 is 9.47 Å². The number of ether oxygens (including phenoxy) is 3. The first kappa shape index (κ1) is 21.9. The van der Waals surface area contributed by atoms with Crippen LogP contribution in [0.2, 0.25) is 0 Å². The molecule has 2 aromatic carbocycles. The second kappa shape index (κ2) is 9.54. The van der Waals surface area contributed by atoms with Crippen LogP contribution in [0.3, 0.4) is 0 Å². The van der Waals surface area contributed by atoms with Gasteiger partial charge in [-0.25, -0.2) is 0 Å². The van der Waals surface area contributed by atoms with Gasteiger partial charge in [0, 0.05) is 37.2 Å². The van der Waals surface area contributed by atoms with Gasteiger partial charge in [0.25, 0.3) is 0 Å². The summed E-state index contributed by atoms with van der Waals surface area (Å²) in [7, 11) is 3.36. The van der Waals surface area contributed by atoms with Gasteiger partial charge >= 0.3 is 0 Å². The zero-order valence-electron chi connectivity index (χ0n) is 19.4. The van der Waals surface area contributed by atoms with Crippen molar-refractivity contribution in [3.05, 3.63) is 78.5 Å². The third-order valence-electron chi connectivity index (χ3n) is 7.42. The number of fused-ring (bicyclic) bond motifs is 4. The lowest BCUT2D eigenvalue weighted by atomic mass is 9.69. The second-order valence-corrected chi connectivity index (χ2v) is 9.13. The average molecular weight is 445 g/mol. The number of pyridine rings is 1. The molecule has 5 nitrogen and oxygen atoms in total. The molecule has 0 radical (unpaired) electrons. The standard InChI is InChI=1S/C28H32N2O3/c1-4-19-17-30-13-11-20(19)15-27(30)28(21-6-5-7-23(14-21)33-18-31-2)24-10-12-29-26-9-8-22(32-3)16-25(24)26/h4-10,12,14,16,19-20,27-28H,1,11,13,15,17-18H2,2-3H3/t19-,20-,27-,28-/m0/s1. The van der Waals surface area contributed by atoms with Crippen LogP contribution in [0.5, 0.6) is 11.5 Å². The van der Waals surface area contributed by atoms with E-state index < -0.39 is 0 Å². The monoisotopic (exact) mass is 444 g/mol. The molecule has 33 heavy (non-hydrogen) atoms. The first-order valence-electron chi connectivity index (χ1n) is 11.7. The van der Waals surface area contributed by atoms with E-state index in [1.165, 1.54) is 17.5 Å². The maximum absolute atomic E-state index is 5.81. The van der Waals surface area contributed by atoms with Crippen LogP contribution in [-0.2, 0) is 4.74 Å². The molecular weight excluding hydrogens is 412 g/mol. The average Bonchev–Trinajstić information content (AvgIpc) is 2.88. The number of nitrogens with zero attached hydrogens (tertiary/aromatic N) is 2. The van der Waals surface area contributed by atoms with Gasteiger partial charge in [0.05, 0.1) is 12.6 Å². The minimum atomic E-state index is 0.197. The summed E-state index contributed by atoms with van der Waals surface area (Å²) < 4.78 is 16.5. The first-order chi connectivity index (χ1) is 16.2. The van der Waals surface area contributed by atoms with Crippen LogP contribution in [0.25, 0.3) is 10.9 Å². The molecule has 6 rings (SSSR count). The molecule has 3 aromatic rings. The normalized spacial score (nSPS) is 25.0. The van der Waals surface area contributed by atoms with Crippen molar-refractivity contribution in [2.75, 3.05) is 34.1 Å². The lowest BCUT2D eigenvalue weighted by Crippen LogP contribution is -2.55. The zero-order chi connectivity index (χ0) is 22.8. The molecule has 0 saturated carbocycles. The van der Waals surface area contributed by atoms with Crippen LogP contribution in [0, 0.1) is 11.8 Å². The van der Waals surface area contributed by atoms with E-state index in [0.717, 1.165) is 41.9 Å². The van der Waals surface area contributed by atoms with Gasteiger partial charge in [-0.1, -0.05) is 18.2 Å². The minimum Gasteiger partial charge on any atom is -0.497 e. The predicted octanol–water partition coefficient (Wildman–Crippen LogP) is 5.25. The maximum atomic E-state index is 5.81. The Balaban J connectivity index is 1.63. The van der Waals surface area contributed by atoms with Crippen molar-refractivity contribution in [2.24, 2.45) is 11.8 Å². The van der Waals surface area contributed by atoms with Gasteiger partial charge in [-0.15, -0.1) is 6.58 Å². The maximum Gasteiger partial charge on any atom is 0.188 e. The molecule has 4 heterocycles. The summed E-state index contributed by atoms with van der Waals surface area (Å²) in [6.07, 6.45) is 6.51. The van der Waals surface area contributed by atoms with E-state index in [0.29, 0.717) is 17.9 Å². The smallest absolute Gasteiger partial charge is 0.188 e. The molecule has 3 saturated heterocycles. The van der Waals surface area contributed by atoms with E-state index in [2.05, 4.69) is 52.9 Å². The number of benzene rings is 2. The van der Waals surface area contributed by atoms with E-state index in [4.69, 9.17) is 14.2 Å². The third-order valence-corrected chi connectivity index (χ3v) is 7.42. The van der Waals surface area contributed by atoms with Crippen molar-refractivity contribution in [2.45, 2.75) is 24.8 Å². The van der Waals surface area contributed by atoms with Gasteiger partial charge in [0.15, 0.2) is 6.79 Å². The Bertz CT molecular complexity index is 1130. The Morgan fingerprint density at radius 3 is 2.82 bits per heavy atom. The highest BCUT2D eigenvalue weighted by molar-refractivity contribution is 5.84. The molecule has 1 unspecified atom stereocenters. The Morgan fingerprint density at radius 2 is 2.06 bits per heavy atom. The van der Waals surface area contributed by atoms with Gasteiger partial charge in [0.1, 0.15) is 11.5 Å². The molecule has 1 aromatic heterocycles. The molecular formula is C28H32N2O3. The molecule has 0 aliphatic carbocycles. The molecule has 0 amide bonds. The van der Waals surface area contributed by atoms with Gasteiger partial charge in [0.2, 0.25) is 0 Å². The highest BCUT2D eigenvalue weighted by Gasteiger charge is 2.43. The molecule has 5 heteroatoms. The molecule has 0 N–H and O–H groups in total. The molecule has 3 fully saturated rings. The Kier molecular flexibility index (Phi) is 6.34. The van der Waals surface area contributed by atoms with E-state index in [9.17, 15) is 0 Å². The number of rotatable bonds is 8. The van der Waals surface area contributed by atoms with E-state index in [-0.39, 0.29) is 12.7 Å². The molecule has 5 atom stereocenters. The van der Waals surface area contributed by atoms with Crippen LogP contribution >= 0.6 is 0 Å². The van der Waals surface area contributed by atoms with Crippen molar-refractivity contribution < 1.29 is 14.2 Å². The van der Waals surface area contributed by atoms with Crippen molar-refractivity contribution in [3.63, 3.8) is 0 Å². The summed E-state index contributed by atoms with van der Waals surface area (Å²) in [5.41, 5.74) is 3.53. The topological polar surface area (TPSA) is 43.8 Å². The zero-order valence-corrected chi connectivity index (χ0v) is 19.4. The summed E-state index contributed by atoms with van der Waals surface area (Å²) in [5.74, 6) is 3.15. The Labute approximate surface area is 196 Å².